The van der Waals surface area contributed by atoms with Crippen LogP contribution in [0.5, 0.6) is 0 Å². The Morgan fingerprint density at radius 1 is 1.29 bits per heavy atom. The average Bonchev–Trinajstić information content (AvgIpc) is 2.27. The second-order valence-corrected chi connectivity index (χ2v) is 5.65. The van der Waals surface area contributed by atoms with E-state index in [1.54, 1.807) is 37.3 Å². The van der Waals surface area contributed by atoms with Crippen molar-refractivity contribution in [2.75, 3.05) is 16.8 Å². The van der Waals surface area contributed by atoms with E-state index in [4.69, 9.17) is 0 Å². The lowest BCUT2D eigenvalue weighted by Gasteiger charge is -2.04. The molecular formula is C12H15NO3S. The summed E-state index contributed by atoms with van der Waals surface area (Å²) in [6.45, 7) is 1.74. The van der Waals surface area contributed by atoms with Crippen LogP contribution in [0.3, 0.4) is 0 Å². The topological polar surface area (TPSA) is 63.2 Å². The number of rotatable bonds is 5. The Bertz CT molecular complexity index is 492. The summed E-state index contributed by atoms with van der Waals surface area (Å²) in [5.41, 5.74) is 0.596. The first-order chi connectivity index (χ1) is 8.03. The summed E-state index contributed by atoms with van der Waals surface area (Å²) in [5, 5.41) is 2.53. The van der Waals surface area contributed by atoms with E-state index in [0.717, 1.165) is 0 Å². The molecule has 0 saturated heterocycles. The maximum atomic E-state index is 11.5. The largest absolute Gasteiger partial charge is 0.325 e. The van der Waals surface area contributed by atoms with Crippen LogP contribution in [0, 0.1) is 0 Å². The molecule has 0 unspecified atom stereocenters. The van der Waals surface area contributed by atoms with Gasteiger partial charge in [0.15, 0.2) is 9.84 Å². The van der Waals surface area contributed by atoms with Crippen molar-refractivity contribution in [2.24, 2.45) is 0 Å². The molecule has 0 aliphatic carbocycles. The number of hydrogen-bond acceptors (Lipinski definition) is 3. The number of sulfone groups is 1. The molecule has 1 rings (SSSR count). The molecule has 0 aliphatic rings. The highest BCUT2D eigenvalue weighted by molar-refractivity contribution is 7.92. The summed E-state index contributed by atoms with van der Waals surface area (Å²) in [6.07, 6.45) is 3.16. The number of carbonyl (C=O) groups excluding carboxylic acids is 1. The lowest BCUT2D eigenvalue weighted by atomic mass is 10.3. The van der Waals surface area contributed by atoms with E-state index in [1.165, 1.54) is 6.08 Å². The van der Waals surface area contributed by atoms with Crippen LogP contribution in [0.2, 0.25) is 0 Å². The van der Waals surface area contributed by atoms with Crippen LogP contribution in [-0.4, -0.2) is 25.8 Å². The molecule has 0 fully saturated rings. The molecular weight excluding hydrogens is 238 g/mol. The Morgan fingerprint density at radius 3 is 2.53 bits per heavy atom. The Morgan fingerprint density at radius 2 is 1.94 bits per heavy atom. The van der Waals surface area contributed by atoms with Crippen LogP contribution in [0.1, 0.15) is 6.92 Å². The van der Waals surface area contributed by atoms with Gasteiger partial charge in [-0.3, -0.25) is 4.79 Å². The van der Waals surface area contributed by atoms with Crippen molar-refractivity contribution >= 4 is 21.4 Å². The van der Waals surface area contributed by atoms with Gasteiger partial charge in [0.25, 0.3) is 0 Å². The van der Waals surface area contributed by atoms with E-state index in [0.29, 0.717) is 5.69 Å². The third-order valence-electron chi connectivity index (χ3n) is 1.99. The second-order valence-electron chi connectivity index (χ2n) is 3.54. The van der Waals surface area contributed by atoms with Gasteiger partial charge in [-0.1, -0.05) is 30.4 Å². The van der Waals surface area contributed by atoms with Crippen LogP contribution in [0.25, 0.3) is 0 Å². The molecule has 92 valence electrons. The molecule has 1 N–H and O–H groups in total. The first-order valence-corrected chi connectivity index (χ1v) is 7.02. The molecule has 1 aromatic rings. The fraction of sp³-hybridized carbons (Fsp3) is 0.250. The van der Waals surface area contributed by atoms with E-state index in [2.05, 4.69) is 5.32 Å². The van der Waals surface area contributed by atoms with Crippen LogP contribution in [0.4, 0.5) is 5.69 Å². The van der Waals surface area contributed by atoms with Gasteiger partial charge in [-0.05, 0) is 19.1 Å². The van der Waals surface area contributed by atoms with Crippen molar-refractivity contribution in [3.63, 3.8) is 0 Å². The smallest absolute Gasteiger partial charge is 0.239 e. The summed E-state index contributed by atoms with van der Waals surface area (Å²) in [6, 6.07) is 8.76. The van der Waals surface area contributed by atoms with Crippen LogP contribution >= 0.6 is 0 Å². The summed E-state index contributed by atoms with van der Waals surface area (Å²) >= 11 is 0. The van der Waals surface area contributed by atoms with Crippen molar-refractivity contribution in [1.29, 1.82) is 0 Å². The predicted molar refractivity (Wildman–Crippen MR) is 68.5 cm³/mol. The Hall–Kier alpha value is -1.62. The zero-order valence-corrected chi connectivity index (χ0v) is 10.4. The average molecular weight is 253 g/mol. The van der Waals surface area contributed by atoms with Crippen LogP contribution in [-0.2, 0) is 14.6 Å². The SMILES string of the molecule is C/C=C\CS(=O)(=O)CC(=O)Nc1ccccc1. The van der Waals surface area contributed by atoms with Crippen molar-refractivity contribution in [3.05, 3.63) is 42.5 Å². The molecule has 4 nitrogen and oxygen atoms in total. The third kappa shape index (κ3) is 5.31. The highest BCUT2D eigenvalue weighted by Gasteiger charge is 2.14. The molecule has 0 spiro atoms. The Kier molecular flexibility index (Phi) is 4.90. The molecule has 0 aromatic heterocycles. The van der Waals surface area contributed by atoms with E-state index in [1.807, 2.05) is 6.07 Å². The molecule has 0 aliphatic heterocycles. The maximum Gasteiger partial charge on any atom is 0.239 e. The van der Waals surface area contributed by atoms with Gasteiger partial charge in [0, 0.05) is 5.69 Å². The standard InChI is InChI=1S/C12H15NO3S/c1-2-3-9-17(15,16)10-12(14)13-11-7-5-4-6-8-11/h2-8H,9-10H2,1H3,(H,13,14)/b3-2-. The van der Waals surface area contributed by atoms with Crippen molar-refractivity contribution in [3.8, 4) is 0 Å². The number of hydrogen-bond donors (Lipinski definition) is 1. The van der Waals surface area contributed by atoms with Crippen molar-refractivity contribution in [2.45, 2.75) is 6.92 Å². The minimum absolute atomic E-state index is 0.105. The van der Waals surface area contributed by atoms with Gasteiger partial charge in [-0.25, -0.2) is 8.42 Å². The molecule has 0 atom stereocenters. The summed E-state index contributed by atoms with van der Waals surface area (Å²) in [4.78, 5) is 11.5. The lowest BCUT2D eigenvalue weighted by Crippen LogP contribution is -2.24. The van der Waals surface area contributed by atoms with E-state index in [9.17, 15) is 13.2 Å². The van der Waals surface area contributed by atoms with Crippen molar-refractivity contribution < 1.29 is 13.2 Å². The van der Waals surface area contributed by atoms with Gasteiger partial charge in [-0.15, -0.1) is 0 Å². The number of nitrogens with one attached hydrogen (secondary N) is 1. The number of allylic oxidation sites excluding steroid dienone is 1. The highest BCUT2D eigenvalue weighted by Crippen LogP contribution is 2.05. The Labute approximate surface area is 101 Å². The molecule has 1 aromatic carbocycles. The summed E-state index contributed by atoms with van der Waals surface area (Å²) in [5.74, 6) is -1.11. The molecule has 5 heteroatoms. The number of amides is 1. The molecule has 0 radical (unpaired) electrons. The van der Waals surface area contributed by atoms with E-state index in [-0.39, 0.29) is 5.75 Å². The lowest BCUT2D eigenvalue weighted by molar-refractivity contribution is -0.113. The van der Waals surface area contributed by atoms with Gasteiger partial charge in [0.05, 0.1) is 5.75 Å². The van der Waals surface area contributed by atoms with Gasteiger partial charge >= 0.3 is 0 Å². The number of anilines is 1. The normalized spacial score (nSPS) is 11.6. The molecule has 17 heavy (non-hydrogen) atoms. The highest BCUT2D eigenvalue weighted by atomic mass is 32.2. The van der Waals surface area contributed by atoms with Crippen LogP contribution in [0.15, 0.2) is 42.5 Å². The van der Waals surface area contributed by atoms with Gasteiger partial charge in [0.1, 0.15) is 5.75 Å². The third-order valence-corrected chi connectivity index (χ3v) is 3.40. The van der Waals surface area contributed by atoms with Crippen molar-refractivity contribution in [1.82, 2.24) is 0 Å². The van der Waals surface area contributed by atoms with Gasteiger partial charge in [0.2, 0.25) is 5.91 Å². The maximum absolute atomic E-state index is 11.5. The second kappa shape index (κ2) is 6.20. The minimum Gasteiger partial charge on any atom is -0.325 e. The predicted octanol–water partition coefficient (Wildman–Crippen LogP) is 1.62. The molecule has 0 saturated carbocycles. The summed E-state index contributed by atoms with van der Waals surface area (Å²) in [7, 11) is -3.36. The Balaban J connectivity index is 2.56. The first kappa shape index (κ1) is 13.4. The van der Waals surface area contributed by atoms with Gasteiger partial charge < -0.3 is 5.32 Å². The van der Waals surface area contributed by atoms with Crippen LogP contribution < -0.4 is 5.32 Å². The zero-order chi connectivity index (χ0) is 12.7. The molecule has 0 bridgehead atoms. The molecule has 1 amide bonds. The number of para-hydroxylation sites is 1. The monoisotopic (exact) mass is 253 g/mol. The fourth-order valence-corrected chi connectivity index (χ4v) is 2.30. The van der Waals surface area contributed by atoms with E-state index < -0.39 is 21.5 Å². The van der Waals surface area contributed by atoms with E-state index >= 15 is 0 Å². The summed E-state index contributed by atoms with van der Waals surface area (Å²) < 4.78 is 23.0. The minimum atomic E-state index is -3.36. The number of carbonyl (C=O) groups is 1. The molecule has 0 heterocycles. The number of benzene rings is 1. The first-order valence-electron chi connectivity index (χ1n) is 5.20. The van der Waals surface area contributed by atoms with Gasteiger partial charge in [-0.2, -0.15) is 0 Å². The zero-order valence-electron chi connectivity index (χ0n) is 9.59. The quantitative estimate of drug-likeness (QED) is 0.811. The fourth-order valence-electron chi connectivity index (χ4n) is 1.22.